The van der Waals surface area contributed by atoms with E-state index in [1.54, 1.807) is 0 Å². The molecule has 0 heterocycles. The van der Waals surface area contributed by atoms with E-state index >= 15 is 0 Å². The Morgan fingerprint density at radius 2 is 1.53 bits per heavy atom. The van der Waals surface area contributed by atoms with Crippen LogP contribution in [0.3, 0.4) is 0 Å². The van der Waals surface area contributed by atoms with E-state index in [-0.39, 0.29) is 19.8 Å². The predicted molar refractivity (Wildman–Crippen MR) is 55.3 cm³/mol. The molecule has 4 heteroatoms. The Bertz CT molecular complexity index is 259. The highest BCUT2D eigenvalue weighted by Crippen LogP contribution is 2.17. The van der Waals surface area contributed by atoms with E-state index in [1.165, 1.54) is 0 Å². The van der Waals surface area contributed by atoms with Crippen molar-refractivity contribution >= 4 is 0 Å². The molecule has 1 unspecified atom stereocenters. The fourth-order valence-electron chi connectivity index (χ4n) is 1.27. The second-order valence-electron chi connectivity index (χ2n) is 3.21. The van der Waals surface area contributed by atoms with E-state index in [2.05, 4.69) is 0 Å². The first-order valence-electron chi connectivity index (χ1n) is 4.84. The lowest BCUT2D eigenvalue weighted by atomic mass is 10.1. The molecule has 0 bridgehead atoms. The van der Waals surface area contributed by atoms with Gasteiger partial charge in [-0.15, -0.1) is 0 Å². The lowest BCUT2D eigenvalue weighted by Crippen LogP contribution is -2.26. The summed E-state index contributed by atoms with van der Waals surface area (Å²) >= 11 is 0. The summed E-state index contributed by atoms with van der Waals surface area (Å²) in [5.74, 6) is 0. The van der Waals surface area contributed by atoms with Crippen molar-refractivity contribution in [1.29, 1.82) is 0 Å². The highest BCUT2D eigenvalue weighted by atomic mass is 16.5. The number of rotatable bonds is 6. The standard InChI is InChI=1S/C11H16O4/c12-6-10(7-13)15-11(8-14)9-4-2-1-3-5-9/h1-5,10-14H,6-8H2. The van der Waals surface area contributed by atoms with Crippen LogP contribution in [0.4, 0.5) is 0 Å². The van der Waals surface area contributed by atoms with Gasteiger partial charge in [0.1, 0.15) is 12.2 Å². The van der Waals surface area contributed by atoms with E-state index in [1.807, 2.05) is 30.3 Å². The molecule has 0 aliphatic rings. The summed E-state index contributed by atoms with van der Waals surface area (Å²) in [5, 5.41) is 26.8. The molecule has 1 atom stereocenters. The van der Waals surface area contributed by atoms with E-state index in [0.29, 0.717) is 0 Å². The average Bonchev–Trinajstić information content (AvgIpc) is 2.32. The Kier molecular flexibility index (Phi) is 5.28. The molecule has 0 aliphatic heterocycles. The third-order valence-corrected chi connectivity index (χ3v) is 2.10. The van der Waals surface area contributed by atoms with Gasteiger partial charge >= 0.3 is 0 Å². The van der Waals surface area contributed by atoms with E-state index in [9.17, 15) is 0 Å². The van der Waals surface area contributed by atoms with Crippen molar-refractivity contribution in [2.24, 2.45) is 0 Å². The van der Waals surface area contributed by atoms with E-state index in [0.717, 1.165) is 5.56 Å². The molecule has 15 heavy (non-hydrogen) atoms. The quantitative estimate of drug-likeness (QED) is 0.625. The lowest BCUT2D eigenvalue weighted by Gasteiger charge is -2.21. The van der Waals surface area contributed by atoms with Crippen LogP contribution in [0.1, 0.15) is 11.7 Å². The van der Waals surface area contributed by atoms with Gasteiger partial charge in [-0.3, -0.25) is 0 Å². The maximum absolute atomic E-state index is 9.13. The zero-order valence-corrected chi connectivity index (χ0v) is 8.41. The van der Waals surface area contributed by atoms with Crippen molar-refractivity contribution in [3.05, 3.63) is 35.9 Å². The summed E-state index contributed by atoms with van der Waals surface area (Å²) in [7, 11) is 0. The number of aliphatic hydroxyl groups is 3. The largest absolute Gasteiger partial charge is 0.394 e. The van der Waals surface area contributed by atoms with Crippen molar-refractivity contribution < 1.29 is 20.1 Å². The first kappa shape index (κ1) is 12.1. The van der Waals surface area contributed by atoms with Gasteiger partial charge in [0.05, 0.1) is 19.8 Å². The average molecular weight is 212 g/mol. The van der Waals surface area contributed by atoms with Crippen molar-refractivity contribution in [3.8, 4) is 0 Å². The molecule has 3 N–H and O–H groups in total. The second kappa shape index (κ2) is 6.53. The van der Waals surface area contributed by atoms with Crippen LogP contribution >= 0.6 is 0 Å². The van der Waals surface area contributed by atoms with Gasteiger partial charge in [0.15, 0.2) is 0 Å². The summed E-state index contributed by atoms with van der Waals surface area (Å²) in [5.41, 5.74) is 0.826. The summed E-state index contributed by atoms with van der Waals surface area (Å²) < 4.78 is 5.33. The summed E-state index contributed by atoms with van der Waals surface area (Å²) in [6.45, 7) is -0.708. The van der Waals surface area contributed by atoms with E-state index < -0.39 is 12.2 Å². The van der Waals surface area contributed by atoms with Crippen LogP contribution in [0.2, 0.25) is 0 Å². The van der Waals surface area contributed by atoms with E-state index in [4.69, 9.17) is 20.1 Å². The van der Waals surface area contributed by atoms with Gasteiger partial charge in [0, 0.05) is 0 Å². The molecule has 4 nitrogen and oxygen atoms in total. The molecule has 0 fully saturated rings. The van der Waals surface area contributed by atoms with Gasteiger partial charge < -0.3 is 20.1 Å². The van der Waals surface area contributed by atoms with Crippen LogP contribution in [-0.2, 0) is 4.74 Å². The monoisotopic (exact) mass is 212 g/mol. The molecule has 0 spiro atoms. The van der Waals surface area contributed by atoms with Crippen LogP contribution in [0, 0.1) is 0 Å². The van der Waals surface area contributed by atoms with Crippen LogP contribution in [0.15, 0.2) is 30.3 Å². The Morgan fingerprint density at radius 3 is 2.00 bits per heavy atom. The summed E-state index contributed by atoms with van der Waals surface area (Å²) in [4.78, 5) is 0. The molecule has 1 aromatic carbocycles. The van der Waals surface area contributed by atoms with Crippen molar-refractivity contribution in [2.45, 2.75) is 12.2 Å². The molecule has 0 saturated carbocycles. The van der Waals surface area contributed by atoms with Crippen molar-refractivity contribution in [1.82, 2.24) is 0 Å². The first-order chi connectivity index (χ1) is 7.31. The zero-order valence-electron chi connectivity index (χ0n) is 8.41. The molecule has 0 amide bonds. The summed E-state index contributed by atoms with van der Waals surface area (Å²) in [6, 6.07) is 9.20. The van der Waals surface area contributed by atoms with Crippen LogP contribution in [0.25, 0.3) is 0 Å². The van der Waals surface area contributed by atoms with Gasteiger partial charge in [-0.25, -0.2) is 0 Å². The minimum atomic E-state index is -0.651. The predicted octanol–water partition coefficient (Wildman–Crippen LogP) is 0.0898. The van der Waals surface area contributed by atoms with Crippen molar-refractivity contribution in [2.75, 3.05) is 19.8 Å². The topological polar surface area (TPSA) is 69.9 Å². The second-order valence-corrected chi connectivity index (χ2v) is 3.21. The molecule has 84 valence electrons. The Morgan fingerprint density at radius 1 is 0.933 bits per heavy atom. The minimum Gasteiger partial charge on any atom is -0.394 e. The fourth-order valence-corrected chi connectivity index (χ4v) is 1.27. The Balaban J connectivity index is 2.64. The number of benzene rings is 1. The molecule has 1 aromatic rings. The smallest absolute Gasteiger partial charge is 0.106 e. The zero-order chi connectivity index (χ0) is 11.1. The Labute approximate surface area is 88.8 Å². The molecule has 0 aromatic heterocycles. The third-order valence-electron chi connectivity index (χ3n) is 2.10. The summed E-state index contributed by atoms with van der Waals surface area (Å²) in [6.07, 6.45) is -1.15. The maximum atomic E-state index is 9.13. The highest BCUT2D eigenvalue weighted by Gasteiger charge is 2.16. The fraction of sp³-hybridized carbons (Fsp3) is 0.455. The number of hydrogen-bond donors (Lipinski definition) is 3. The maximum Gasteiger partial charge on any atom is 0.106 e. The molecular formula is C11H16O4. The van der Waals surface area contributed by atoms with Crippen LogP contribution < -0.4 is 0 Å². The van der Waals surface area contributed by atoms with Gasteiger partial charge in [-0.05, 0) is 5.56 Å². The number of ether oxygens (including phenoxy) is 1. The number of aliphatic hydroxyl groups excluding tert-OH is 3. The highest BCUT2D eigenvalue weighted by molar-refractivity contribution is 5.17. The van der Waals surface area contributed by atoms with Crippen LogP contribution in [-0.4, -0.2) is 41.2 Å². The van der Waals surface area contributed by atoms with Crippen LogP contribution in [0.5, 0.6) is 0 Å². The number of hydrogen-bond acceptors (Lipinski definition) is 4. The lowest BCUT2D eigenvalue weighted by molar-refractivity contribution is -0.0815. The Hall–Kier alpha value is -0.940. The third kappa shape index (κ3) is 3.60. The molecule has 0 aliphatic carbocycles. The molecule has 1 rings (SSSR count). The normalized spacial score (nSPS) is 13.1. The van der Waals surface area contributed by atoms with Gasteiger partial charge in [-0.2, -0.15) is 0 Å². The first-order valence-corrected chi connectivity index (χ1v) is 4.84. The van der Waals surface area contributed by atoms with Gasteiger partial charge in [0.25, 0.3) is 0 Å². The van der Waals surface area contributed by atoms with Gasteiger partial charge in [-0.1, -0.05) is 30.3 Å². The molecule has 0 saturated heterocycles. The van der Waals surface area contributed by atoms with Crippen molar-refractivity contribution in [3.63, 3.8) is 0 Å². The van der Waals surface area contributed by atoms with Gasteiger partial charge in [0.2, 0.25) is 0 Å². The SMILES string of the molecule is OCC(CO)OC(CO)c1ccccc1. The minimum absolute atomic E-state index is 0.180. The molecular weight excluding hydrogens is 196 g/mol. The molecule has 0 radical (unpaired) electrons.